The van der Waals surface area contributed by atoms with Crippen LogP contribution in [0.1, 0.15) is 40.5 Å². The van der Waals surface area contributed by atoms with Gasteiger partial charge >= 0.3 is 5.97 Å². The monoisotopic (exact) mass is 256 g/mol. The van der Waals surface area contributed by atoms with Gasteiger partial charge in [0, 0.05) is 6.61 Å². The van der Waals surface area contributed by atoms with Crippen LogP contribution >= 0.6 is 0 Å². The predicted molar refractivity (Wildman–Crippen MR) is 68.1 cm³/mol. The minimum absolute atomic E-state index is 0.00396. The third-order valence-corrected chi connectivity index (χ3v) is 4.10. The van der Waals surface area contributed by atoms with E-state index in [1.165, 1.54) is 0 Å². The first-order valence-corrected chi connectivity index (χ1v) is 6.79. The molecule has 1 aliphatic rings. The lowest BCUT2D eigenvalue weighted by Crippen LogP contribution is -2.48. The van der Waals surface area contributed by atoms with Gasteiger partial charge in [-0.05, 0) is 38.5 Å². The first-order chi connectivity index (χ1) is 8.51. The summed E-state index contributed by atoms with van der Waals surface area (Å²) in [7, 11) is 0. The molecule has 1 rings (SSSR count). The molecule has 1 saturated carbocycles. The van der Waals surface area contributed by atoms with Crippen molar-refractivity contribution in [1.82, 2.24) is 0 Å². The van der Waals surface area contributed by atoms with E-state index in [0.29, 0.717) is 13.2 Å². The van der Waals surface area contributed by atoms with Gasteiger partial charge in [0.25, 0.3) is 0 Å². The Bertz CT molecular complexity index is 301. The predicted octanol–water partition coefficient (Wildman–Crippen LogP) is 2.21. The summed E-state index contributed by atoms with van der Waals surface area (Å²) < 4.78 is 10.4. The van der Waals surface area contributed by atoms with E-state index in [1.54, 1.807) is 6.92 Å². The van der Waals surface area contributed by atoms with E-state index < -0.39 is 5.41 Å². The fourth-order valence-electron chi connectivity index (χ4n) is 3.07. The van der Waals surface area contributed by atoms with Gasteiger partial charge in [0.2, 0.25) is 0 Å². The van der Waals surface area contributed by atoms with Crippen LogP contribution < -0.4 is 0 Å². The summed E-state index contributed by atoms with van der Waals surface area (Å²) in [6, 6.07) is 0. The van der Waals surface area contributed by atoms with Crippen molar-refractivity contribution in [2.45, 2.75) is 40.5 Å². The molecule has 2 unspecified atom stereocenters. The van der Waals surface area contributed by atoms with E-state index in [4.69, 9.17) is 9.47 Å². The fourth-order valence-corrected chi connectivity index (χ4v) is 3.07. The number of ether oxygens (including phenoxy) is 2. The number of esters is 1. The zero-order valence-electron chi connectivity index (χ0n) is 11.8. The molecule has 104 valence electrons. The average molecular weight is 256 g/mol. The van der Waals surface area contributed by atoms with Gasteiger partial charge in [-0.15, -0.1) is 0 Å². The van der Waals surface area contributed by atoms with E-state index in [1.807, 2.05) is 20.8 Å². The van der Waals surface area contributed by atoms with E-state index in [2.05, 4.69) is 0 Å². The summed E-state index contributed by atoms with van der Waals surface area (Å²) in [5, 5.41) is 0. The van der Waals surface area contributed by atoms with Crippen LogP contribution in [0.25, 0.3) is 0 Å². The summed E-state index contributed by atoms with van der Waals surface area (Å²) in [6.07, 6.45) is 1.77. The second-order valence-corrected chi connectivity index (χ2v) is 5.03. The second-order valence-electron chi connectivity index (χ2n) is 5.03. The minimum atomic E-state index is -0.995. The third kappa shape index (κ3) is 2.44. The Morgan fingerprint density at radius 3 is 2.11 bits per heavy atom. The van der Waals surface area contributed by atoms with Gasteiger partial charge < -0.3 is 9.47 Å². The number of hydrogen-bond acceptors (Lipinski definition) is 4. The molecule has 0 amide bonds. The maximum atomic E-state index is 12.4. The summed E-state index contributed by atoms with van der Waals surface area (Å²) in [5.74, 6) is -0.438. The van der Waals surface area contributed by atoms with Crippen LogP contribution in [-0.4, -0.2) is 31.6 Å². The molecule has 0 saturated heterocycles. The molecule has 1 fully saturated rings. The van der Waals surface area contributed by atoms with Gasteiger partial charge in [-0.25, -0.2) is 0 Å². The Kier molecular flexibility index (Phi) is 5.32. The fraction of sp³-hybridized carbons (Fsp3) is 0.857. The smallest absolute Gasteiger partial charge is 0.320 e. The average Bonchev–Trinajstić information content (AvgIpc) is 2.63. The van der Waals surface area contributed by atoms with Crippen LogP contribution in [0.5, 0.6) is 0 Å². The SMILES string of the molecule is CCOCC(=O)C1(C(=O)OCC)C(C)CCC1C. The highest BCUT2D eigenvalue weighted by atomic mass is 16.5. The summed E-state index contributed by atoms with van der Waals surface area (Å²) in [4.78, 5) is 24.7. The van der Waals surface area contributed by atoms with E-state index in [0.717, 1.165) is 12.8 Å². The lowest BCUT2D eigenvalue weighted by Gasteiger charge is -2.33. The summed E-state index contributed by atoms with van der Waals surface area (Å²) in [6.45, 7) is 8.32. The standard InChI is InChI=1S/C14H24O4/c1-5-17-9-12(15)14(13(16)18-6-2)10(3)7-8-11(14)4/h10-11H,5-9H2,1-4H3. The molecule has 0 bridgehead atoms. The molecule has 4 heteroatoms. The highest BCUT2D eigenvalue weighted by molar-refractivity contribution is 6.05. The second kappa shape index (κ2) is 6.32. The highest BCUT2D eigenvalue weighted by Gasteiger charge is 2.57. The molecule has 0 N–H and O–H groups in total. The van der Waals surface area contributed by atoms with Crippen molar-refractivity contribution in [3.8, 4) is 0 Å². The van der Waals surface area contributed by atoms with Gasteiger partial charge in [-0.1, -0.05) is 13.8 Å². The van der Waals surface area contributed by atoms with Crippen molar-refractivity contribution >= 4 is 11.8 Å². The molecule has 0 aromatic heterocycles. The van der Waals surface area contributed by atoms with Crippen LogP contribution in [0.15, 0.2) is 0 Å². The Morgan fingerprint density at radius 2 is 1.67 bits per heavy atom. The summed E-state index contributed by atoms with van der Waals surface area (Å²) in [5.41, 5.74) is -0.995. The molecule has 0 heterocycles. The highest BCUT2D eigenvalue weighted by Crippen LogP contribution is 2.49. The van der Waals surface area contributed by atoms with E-state index >= 15 is 0 Å². The zero-order chi connectivity index (χ0) is 13.8. The Balaban J connectivity index is 3.01. The molecule has 0 radical (unpaired) electrons. The van der Waals surface area contributed by atoms with E-state index in [9.17, 15) is 9.59 Å². The molecule has 0 aliphatic heterocycles. The number of ketones is 1. The van der Waals surface area contributed by atoms with Crippen molar-refractivity contribution in [2.24, 2.45) is 17.3 Å². The van der Waals surface area contributed by atoms with Gasteiger partial charge in [0.1, 0.15) is 12.0 Å². The number of Topliss-reactive ketones (excluding diaryl/α,β-unsaturated/α-hetero) is 1. The van der Waals surface area contributed by atoms with Crippen LogP contribution in [-0.2, 0) is 19.1 Å². The molecule has 0 aromatic carbocycles. The Hall–Kier alpha value is -0.900. The molecule has 18 heavy (non-hydrogen) atoms. The lowest BCUT2D eigenvalue weighted by atomic mass is 9.70. The van der Waals surface area contributed by atoms with Crippen molar-refractivity contribution in [3.63, 3.8) is 0 Å². The van der Waals surface area contributed by atoms with Crippen molar-refractivity contribution in [3.05, 3.63) is 0 Å². The van der Waals surface area contributed by atoms with Crippen LogP contribution in [0.4, 0.5) is 0 Å². The summed E-state index contributed by atoms with van der Waals surface area (Å²) >= 11 is 0. The minimum Gasteiger partial charge on any atom is -0.465 e. The van der Waals surface area contributed by atoms with Gasteiger partial charge in [-0.2, -0.15) is 0 Å². The molecule has 0 aromatic rings. The molecule has 4 nitrogen and oxygen atoms in total. The zero-order valence-corrected chi connectivity index (χ0v) is 11.8. The van der Waals surface area contributed by atoms with Gasteiger partial charge in [0.05, 0.1) is 6.61 Å². The van der Waals surface area contributed by atoms with Crippen molar-refractivity contribution in [1.29, 1.82) is 0 Å². The molecular formula is C14H24O4. The molecular weight excluding hydrogens is 232 g/mol. The van der Waals surface area contributed by atoms with Crippen molar-refractivity contribution in [2.75, 3.05) is 19.8 Å². The normalized spacial score (nSPS) is 31.3. The number of hydrogen-bond donors (Lipinski definition) is 0. The number of rotatable bonds is 6. The van der Waals surface area contributed by atoms with Crippen LogP contribution in [0, 0.1) is 17.3 Å². The molecule has 2 atom stereocenters. The van der Waals surface area contributed by atoms with Gasteiger partial charge in [0.15, 0.2) is 5.78 Å². The van der Waals surface area contributed by atoms with E-state index in [-0.39, 0.29) is 30.2 Å². The first-order valence-electron chi connectivity index (χ1n) is 6.79. The third-order valence-electron chi connectivity index (χ3n) is 4.10. The van der Waals surface area contributed by atoms with Crippen LogP contribution in [0.3, 0.4) is 0 Å². The maximum Gasteiger partial charge on any atom is 0.320 e. The lowest BCUT2D eigenvalue weighted by molar-refractivity contribution is -0.167. The number of carbonyl (C=O) groups excluding carboxylic acids is 2. The van der Waals surface area contributed by atoms with Crippen LogP contribution in [0.2, 0.25) is 0 Å². The maximum absolute atomic E-state index is 12.4. The Morgan fingerprint density at radius 1 is 1.11 bits per heavy atom. The topological polar surface area (TPSA) is 52.6 Å². The van der Waals surface area contributed by atoms with Crippen molar-refractivity contribution < 1.29 is 19.1 Å². The van der Waals surface area contributed by atoms with Gasteiger partial charge in [-0.3, -0.25) is 9.59 Å². The largest absolute Gasteiger partial charge is 0.465 e. The first kappa shape index (κ1) is 15.2. The quantitative estimate of drug-likeness (QED) is 0.540. The molecule has 1 aliphatic carbocycles. The Labute approximate surface area is 109 Å². The number of carbonyl (C=O) groups is 2. The molecule has 0 spiro atoms.